The predicted molar refractivity (Wildman–Crippen MR) is 108 cm³/mol. The fraction of sp³-hybridized carbons (Fsp3) is 0.0952. The number of nitrogens with one attached hydrogen (secondary N) is 2. The second-order valence-electron chi connectivity index (χ2n) is 6.72. The van der Waals surface area contributed by atoms with Crippen molar-refractivity contribution in [3.63, 3.8) is 0 Å². The SMILES string of the molecule is Nc1n[nH]c2ccc(-c3ccnc(NC(=O)Cc4ccc(C(F)(F)F)cc4)c3)cc12. The van der Waals surface area contributed by atoms with E-state index >= 15 is 0 Å². The lowest BCUT2D eigenvalue weighted by Crippen LogP contribution is -2.15. The van der Waals surface area contributed by atoms with E-state index in [1.54, 1.807) is 18.3 Å². The number of aromatic nitrogens is 3. The molecule has 0 saturated carbocycles. The Hall–Kier alpha value is -3.88. The number of halogens is 3. The standard InChI is InChI=1S/C21H16F3N5O/c22-21(23,24)15-4-1-12(2-5-15)9-19(30)27-18-11-14(7-8-26-18)13-3-6-17-16(10-13)20(25)29-28-17/h1-8,10-11H,9H2,(H3,25,28,29)(H,26,27,30). The second-order valence-corrected chi connectivity index (χ2v) is 6.72. The van der Waals surface area contributed by atoms with Gasteiger partial charge in [-0.1, -0.05) is 18.2 Å². The van der Waals surface area contributed by atoms with E-state index in [0.29, 0.717) is 17.2 Å². The average molecular weight is 411 g/mol. The molecule has 0 aliphatic rings. The van der Waals surface area contributed by atoms with Gasteiger partial charge in [-0.25, -0.2) is 4.98 Å². The Morgan fingerprint density at radius 1 is 1.03 bits per heavy atom. The number of hydrogen-bond acceptors (Lipinski definition) is 4. The Balaban J connectivity index is 1.48. The van der Waals surface area contributed by atoms with Gasteiger partial charge in [-0.05, 0) is 53.1 Å². The van der Waals surface area contributed by atoms with Crippen LogP contribution in [0.2, 0.25) is 0 Å². The summed E-state index contributed by atoms with van der Waals surface area (Å²) in [6, 6.07) is 13.6. The van der Waals surface area contributed by atoms with Gasteiger partial charge in [0.1, 0.15) is 5.82 Å². The van der Waals surface area contributed by atoms with Crippen molar-refractivity contribution in [3.8, 4) is 11.1 Å². The largest absolute Gasteiger partial charge is 0.416 e. The Morgan fingerprint density at radius 2 is 1.77 bits per heavy atom. The Morgan fingerprint density at radius 3 is 2.50 bits per heavy atom. The van der Waals surface area contributed by atoms with E-state index in [-0.39, 0.29) is 12.3 Å². The van der Waals surface area contributed by atoms with Crippen molar-refractivity contribution in [3.05, 3.63) is 71.9 Å². The summed E-state index contributed by atoms with van der Waals surface area (Å²) < 4.78 is 37.9. The highest BCUT2D eigenvalue weighted by Gasteiger charge is 2.29. The van der Waals surface area contributed by atoms with E-state index in [9.17, 15) is 18.0 Å². The number of nitrogens with two attached hydrogens (primary N) is 1. The van der Waals surface area contributed by atoms with E-state index in [0.717, 1.165) is 34.2 Å². The number of rotatable bonds is 4. The average Bonchev–Trinajstić information content (AvgIpc) is 3.08. The van der Waals surface area contributed by atoms with E-state index in [1.807, 2.05) is 18.2 Å². The van der Waals surface area contributed by atoms with E-state index < -0.39 is 11.7 Å². The number of pyridine rings is 1. The Bertz CT molecular complexity index is 1220. The van der Waals surface area contributed by atoms with Crippen LogP contribution in [0.3, 0.4) is 0 Å². The number of alkyl halides is 3. The van der Waals surface area contributed by atoms with Crippen LogP contribution in [-0.4, -0.2) is 21.1 Å². The van der Waals surface area contributed by atoms with Gasteiger partial charge in [0.05, 0.1) is 17.5 Å². The molecule has 1 amide bonds. The van der Waals surface area contributed by atoms with Crippen molar-refractivity contribution in [1.29, 1.82) is 0 Å². The number of hydrogen-bond donors (Lipinski definition) is 3. The molecule has 4 N–H and O–H groups in total. The molecule has 2 aromatic heterocycles. The van der Waals surface area contributed by atoms with Crippen LogP contribution in [0.5, 0.6) is 0 Å². The Labute approximate surface area is 168 Å². The zero-order valence-electron chi connectivity index (χ0n) is 15.5. The molecule has 30 heavy (non-hydrogen) atoms. The van der Waals surface area contributed by atoms with Gasteiger partial charge in [-0.2, -0.15) is 18.3 Å². The number of amides is 1. The first-order valence-electron chi connectivity index (χ1n) is 8.95. The van der Waals surface area contributed by atoms with Gasteiger partial charge in [0.2, 0.25) is 5.91 Å². The number of H-pyrrole nitrogens is 1. The summed E-state index contributed by atoms with van der Waals surface area (Å²) in [5.74, 6) is 0.351. The molecule has 6 nitrogen and oxygen atoms in total. The highest BCUT2D eigenvalue weighted by Crippen LogP contribution is 2.29. The summed E-state index contributed by atoms with van der Waals surface area (Å²) >= 11 is 0. The lowest BCUT2D eigenvalue weighted by molar-refractivity contribution is -0.137. The molecule has 4 aromatic rings. The first kappa shape index (κ1) is 19.4. The molecule has 4 rings (SSSR count). The molecule has 0 saturated heterocycles. The minimum absolute atomic E-state index is 0.0679. The van der Waals surface area contributed by atoms with Gasteiger partial charge in [-0.15, -0.1) is 0 Å². The topological polar surface area (TPSA) is 96.7 Å². The Kier molecular flexibility index (Phi) is 4.86. The molecular formula is C21H16F3N5O. The van der Waals surface area contributed by atoms with Crippen molar-refractivity contribution >= 4 is 28.4 Å². The number of benzene rings is 2. The normalized spacial score (nSPS) is 11.6. The van der Waals surface area contributed by atoms with E-state index in [2.05, 4.69) is 20.5 Å². The summed E-state index contributed by atoms with van der Waals surface area (Å²) in [7, 11) is 0. The van der Waals surface area contributed by atoms with E-state index in [1.165, 1.54) is 12.1 Å². The van der Waals surface area contributed by atoms with Crippen LogP contribution in [-0.2, 0) is 17.4 Å². The molecule has 0 spiro atoms. The monoisotopic (exact) mass is 411 g/mol. The molecule has 0 atom stereocenters. The molecule has 0 aliphatic carbocycles. The molecule has 2 aromatic carbocycles. The van der Waals surface area contributed by atoms with Crippen LogP contribution in [0.1, 0.15) is 11.1 Å². The van der Waals surface area contributed by atoms with Crippen molar-refractivity contribution in [2.75, 3.05) is 11.1 Å². The number of carbonyl (C=O) groups is 1. The number of nitrogens with zero attached hydrogens (tertiary/aromatic N) is 2. The van der Waals surface area contributed by atoms with Crippen LogP contribution in [0, 0.1) is 0 Å². The molecule has 0 fully saturated rings. The molecular weight excluding hydrogens is 395 g/mol. The second kappa shape index (κ2) is 7.51. The number of fused-ring (bicyclic) bond motifs is 1. The maximum absolute atomic E-state index is 12.6. The summed E-state index contributed by atoms with van der Waals surface area (Å²) in [5, 5.41) is 10.3. The maximum Gasteiger partial charge on any atom is 0.416 e. The van der Waals surface area contributed by atoms with Crippen molar-refractivity contribution in [2.24, 2.45) is 0 Å². The first-order valence-corrected chi connectivity index (χ1v) is 8.95. The number of carbonyl (C=O) groups excluding carboxylic acids is 1. The third kappa shape index (κ3) is 4.09. The summed E-state index contributed by atoms with van der Waals surface area (Å²) in [4.78, 5) is 16.4. The predicted octanol–water partition coefficient (Wildman–Crippen LogP) is 4.41. The third-order valence-electron chi connectivity index (χ3n) is 4.60. The molecule has 0 radical (unpaired) electrons. The fourth-order valence-corrected chi connectivity index (χ4v) is 3.08. The highest BCUT2D eigenvalue weighted by molar-refractivity contribution is 5.94. The molecule has 0 unspecified atom stereocenters. The summed E-state index contributed by atoms with van der Waals surface area (Å²) in [6.45, 7) is 0. The summed E-state index contributed by atoms with van der Waals surface area (Å²) in [5.41, 5.74) is 8.07. The first-order chi connectivity index (χ1) is 14.3. The summed E-state index contributed by atoms with van der Waals surface area (Å²) in [6.07, 6.45) is -2.91. The minimum Gasteiger partial charge on any atom is -0.382 e. The lowest BCUT2D eigenvalue weighted by atomic mass is 10.0. The van der Waals surface area contributed by atoms with Crippen LogP contribution < -0.4 is 11.1 Å². The lowest BCUT2D eigenvalue weighted by Gasteiger charge is -2.09. The molecule has 152 valence electrons. The van der Waals surface area contributed by atoms with Crippen LogP contribution in [0.15, 0.2) is 60.8 Å². The number of nitrogen functional groups attached to an aromatic ring is 1. The maximum atomic E-state index is 12.6. The van der Waals surface area contributed by atoms with Crippen LogP contribution in [0.4, 0.5) is 24.8 Å². The molecule has 0 aliphatic heterocycles. The van der Waals surface area contributed by atoms with E-state index in [4.69, 9.17) is 5.73 Å². The van der Waals surface area contributed by atoms with Gasteiger partial charge in [0, 0.05) is 11.6 Å². The van der Waals surface area contributed by atoms with Gasteiger partial charge in [-0.3, -0.25) is 9.89 Å². The van der Waals surface area contributed by atoms with Crippen molar-refractivity contribution < 1.29 is 18.0 Å². The van der Waals surface area contributed by atoms with Crippen molar-refractivity contribution in [2.45, 2.75) is 12.6 Å². The van der Waals surface area contributed by atoms with Crippen LogP contribution >= 0.6 is 0 Å². The molecule has 0 bridgehead atoms. The van der Waals surface area contributed by atoms with Gasteiger partial charge in [0.25, 0.3) is 0 Å². The quantitative estimate of drug-likeness (QED) is 0.464. The van der Waals surface area contributed by atoms with Gasteiger partial charge < -0.3 is 11.1 Å². The third-order valence-corrected chi connectivity index (χ3v) is 4.60. The molecule has 2 heterocycles. The van der Waals surface area contributed by atoms with Gasteiger partial charge >= 0.3 is 6.18 Å². The number of anilines is 2. The highest BCUT2D eigenvalue weighted by atomic mass is 19.4. The number of aromatic amines is 1. The fourth-order valence-electron chi connectivity index (χ4n) is 3.08. The molecule has 9 heteroatoms. The zero-order chi connectivity index (χ0) is 21.3. The zero-order valence-corrected chi connectivity index (χ0v) is 15.5. The minimum atomic E-state index is -4.41. The van der Waals surface area contributed by atoms with Gasteiger partial charge in [0.15, 0.2) is 5.82 Å². The smallest absolute Gasteiger partial charge is 0.382 e. The van der Waals surface area contributed by atoms with Crippen LogP contribution in [0.25, 0.3) is 22.0 Å². The van der Waals surface area contributed by atoms with Crippen molar-refractivity contribution in [1.82, 2.24) is 15.2 Å².